The van der Waals surface area contributed by atoms with Gasteiger partial charge in [0.25, 0.3) is 0 Å². The number of ether oxygens (including phenoxy) is 1. The predicted molar refractivity (Wildman–Crippen MR) is 104 cm³/mol. The van der Waals surface area contributed by atoms with E-state index in [2.05, 4.69) is 11.4 Å². The zero-order chi connectivity index (χ0) is 18.6. The second kappa shape index (κ2) is 7.50. The molecule has 1 amide bonds. The predicted octanol–water partition coefficient (Wildman–Crippen LogP) is 3.50. The molecule has 1 aliphatic rings. The third kappa shape index (κ3) is 3.47. The van der Waals surface area contributed by atoms with Crippen LogP contribution in [0.15, 0.2) is 54.6 Å². The summed E-state index contributed by atoms with van der Waals surface area (Å²) in [6.45, 7) is 2.34. The summed E-state index contributed by atoms with van der Waals surface area (Å²) in [5, 5.41) is 3.13. The molecule has 3 N–H and O–H groups in total. The maximum Gasteiger partial charge on any atom is 0.244 e. The van der Waals surface area contributed by atoms with E-state index in [-0.39, 0.29) is 11.3 Å². The smallest absolute Gasteiger partial charge is 0.244 e. The van der Waals surface area contributed by atoms with Crippen molar-refractivity contribution in [2.24, 2.45) is 5.73 Å². The number of hydrogen-bond acceptors (Lipinski definition) is 3. The van der Waals surface area contributed by atoms with Gasteiger partial charge in [-0.3, -0.25) is 4.79 Å². The van der Waals surface area contributed by atoms with Gasteiger partial charge in [-0.25, -0.2) is 0 Å². The minimum absolute atomic E-state index is 0.0883. The molecule has 4 heteroatoms. The molecular weight excluding hydrogens is 324 g/mol. The largest absolute Gasteiger partial charge is 0.496 e. The number of carbonyl (C=O) groups is 1. The van der Waals surface area contributed by atoms with Gasteiger partial charge in [0.1, 0.15) is 11.3 Å². The van der Waals surface area contributed by atoms with Gasteiger partial charge in [-0.1, -0.05) is 61.4 Å². The molecule has 4 nitrogen and oxygen atoms in total. The molecule has 0 radical (unpaired) electrons. The first kappa shape index (κ1) is 18.5. The standard InChI is InChI=1S/C22H28N2O2/c1-21(23,17-10-4-3-5-11-17)20(25)24-16-22(14-8-9-15-22)18-12-6-7-13-19(18)26-2/h3-7,10-13H,8-9,14-16,23H2,1-2H3,(H,24,25). The van der Waals surface area contributed by atoms with Gasteiger partial charge < -0.3 is 15.8 Å². The quantitative estimate of drug-likeness (QED) is 0.836. The van der Waals surface area contributed by atoms with Crippen LogP contribution < -0.4 is 15.8 Å². The summed E-state index contributed by atoms with van der Waals surface area (Å²) in [4.78, 5) is 12.9. The van der Waals surface area contributed by atoms with Crippen LogP contribution in [-0.4, -0.2) is 19.6 Å². The summed E-state index contributed by atoms with van der Waals surface area (Å²) in [5.74, 6) is 0.743. The Balaban J connectivity index is 1.80. The Labute approximate surface area is 155 Å². The third-order valence-electron chi connectivity index (χ3n) is 5.67. The number of para-hydroxylation sites is 1. The Morgan fingerprint density at radius 3 is 2.38 bits per heavy atom. The monoisotopic (exact) mass is 352 g/mol. The average molecular weight is 352 g/mol. The van der Waals surface area contributed by atoms with Crippen molar-refractivity contribution < 1.29 is 9.53 Å². The van der Waals surface area contributed by atoms with Crippen molar-refractivity contribution in [2.75, 3.05) is 13.7 Å². The first-order chi connectivity index (χ1) is 12.5. The molecule has 1 fully saturated rings. The highest BCUT2D eigenvalue weighted by atomic mass is 16.5. The molecular formula is C22H28N2O2. The molecule has 1 saturated carbocycles. The maximum absolute atomic E-state index is 12.9. The zero-order valence-corrected chi connectivity index (χ0v) is 15.6. The highest BCUT2D eigenvalue weighted by Gasteiger charge is 2.39. The molecule has 26 heavy (non-hydrogen) atoms. The normalized spacial score (nSPS) is 18.1. The van der Waals surface area contributed by atoms with E-state index in [1.54, 1.807) is 14.0 Å². The SMILES string of the molecule is COc1ccccc1C1(CNC(=O)C(C)(N)c2ccccc2)CCCC1. The lowest BCUT2D eigenvalue weighted by molar-refractivity contribution is -0.126. The molecule has 2 aromatic rings. The summed E-state index contributed by atoms with van der Waals surface area (Å²) in [5.41, 5.74) is 7.22. The average Bonchev–Trinajstić information content (AvgIpc) is 3.16. The van der Waals surface area contributed by atoms with Gasteiger partial charge in [0.15, 0.2) is 0 Å². The molecule has 0 heterocycles. The van der Waals surface area contributed by atoms with Gasteiger partial charge in [-0.15, -0.1) is 0 Å². The lowest BCUT2D eigenvalue weighted by Crippen LogP contribution is -2.52. The molecule has 3 rings (SSSR count). The molecule has 138 valence electrons. The molecule has 0 aromatic heterocycles. The van der Waals surface area contributed by atoms with E-state index < -0.39 is 5.54 Å². The topological polar surface area (TPSA) is 64.3 Å². The van der Waals surface area contributed by atoms with Crippen LogP contribution in [0.1, 0.15) is 43.7 Å². The minimum atomic E-state index is -1.05. The molecule has 0 saturated heterocycles. The number of carbonyl (C=O) groups excluding carboxylic acids is 1. The van der Waals surface area contributed by atoms with Crippen LogP contribution in [-0.2, 0) is 15.7 Å². The van der Waals surface area contributed by atoms with Gasteiger partial charge in [-0.2, -0.15) is 0 Å². The van der Waals surface area contributed by atoms with E-state index in [4.69, 9.17) is 10.5 Å². The van der Waals surface area contributed by atoms with Crippen molar-refractivity contribution in [3.63, 3.8) is 0 Å². The van der Waals surface area contributed by atoms with Crippen LogP contribution >= 0.6 is 0 Å². The number of rotatable bonds is 6. The first-order valence-electron chi connectivity index (χ1n) is 9.26. The highest BCUT2D eigenvalue weighted by Crippen LogP contribution is 2.44. The fraction of sp³-hybridized carbons (Fsp3) is 0.409. The molecule has 1 atom stereocenters. The van der Waals surface area contributed by atoms with Crippen molar-refractivity contribution in [1.82, 2.24) is 5.32 Å². The fourth-order valence-corrected chi connectivity index (χ4v) is 4.02. The van der Waals surface area contributed by atoms with Crippen molar-refractivity contribution in [3.8, 4) is 5.75 Å². The van der Waals surface area contributed by atoms with Crippen molar-refractivity contribution in [3.05, 3.63) is 65.7 Å². The van der Waals surface area contributed by atoms with Crippen LogP contribution in [0.2, 0.25) is 0 Å². The molecule has 0 spiro atoms. The van der Waals surface area contributed by atoms with Crippen molar-refractivity contribution in [1.29, 1.82) is 0 Å². The molecule has 0 bridgehead atoms. The summed E-state index contributed by atoms with van der Waals surface area (Å²) in [6, 6.07) is 17.7. The number of methoxy groups -OCH3 is 1. The molecule has 1 aliphatic carbocycles. The number of hydrogen-bond donors (Lipinski definition) is 2. The van der Waals surface area contributed by atoms with E-state index in [1.807, 2.05) is 48.5 Å². The first-order valence-corrected chi connectivity index (χ1v) is 9.26. The van der Waals surface area contributed by atoms with Crippen LogP contribution in [0.3, 0.4) is 0 Å². The fourth-order valence-electron chi connectivity index (χ4n) is 4.02. The molecule has 1 unspecified atom stereocenters. The Bertz CT molecular complexity index is 750. The number of nitrogens with two attached hydrogens (primary N) is 1. The van der Waals surface area contributed by atoms with Crippen LogP contribution in [0.25, 0.3) is 0 Å². The van der Waals surface area contributed by atoms with E-state index >= 15 is 0 Å². The lowest BCUT2D eigenvalue weighted by atomic mass is 9.78. The van der Waals surface area contributed by atoms with Crippen molar-refractivity contribution in [2.45, 2.75) is 43.6 Å². The highest BCUT2D eigenvalue weighted by molar-refractivity contribution is 5.87. The Kier molecular flexibility index (Phi) is 5.33. The zero-order valence-electron chi connectivity index (χ0n) is 15.6. The summed E-state index contributed by atoms with van der Waals surface area (Å²) < 4.78 is 5.59. The molecule has 2 aromatic carbocycles. The number of benzene rings is 2. The van der Waals surface area contributed by atoms with E-state index in [1.165, 1.54) is 5.56 Å². The van der Waals surface area contributed by atoms with Gasteiger partial charge in [-0.05, 0) is 31.4 Å². The van der Waals surface area contributed by atoms with E-state index in [0.717, 1.165) is 37.0 Å². The minimum Gasteiger partial charge on any atom is -0.496 e. The van der Waals surface area contributed by atoms with Crippen LogP contribution in [0.5, 0.6) is 5.75 Å². The number of nitrogens with one attached hydrogen (secondary N) is 1. The van der Waals surface area contributed by atoms with Crippen molar-refractivity contribution >= 4 is 5.91 Å². The summed E-state index contributed by atoms with van der Waals surface area (Å²) in [6.07, 6.45) is 4.40. The van der Waals surface area contributed by atoms with Gasteiger partial charge in [0, 0.05) is 17.5 Å². The Hall–Kier alpha value is -2.33. The second-order valence-corrected chi connectivity index (χ2v) is 7.44. The number of amides is 1. The van der Waals surface area contributed by atoms with Gasteiger partial charge in [0.2, 0.25) is 5.91 Å². The molecule has 0 aliphatic heterocycles. The van der Waals surface area contributed by atoms with Crippen LogP contribution in [0.4, 0.5) is 0 Å². The van der Waals surface area contributed by atoms with Gasteiger partial charge >= 0.3 is 0 Å². The summed E-state index contributed by atoms with van der Waals surface area (Å²) >= 11 is 0. The van der Waals surface area contributed by atoms with E-state index in [0.29, 0.717) is 6.54 Å². The van der Waals surface area contributed by atoms with E-state index in [9.17, 15) is 4.79 Å². The maximum atomic E-state index is 12.9. The van der Waals surface area contributed by atoms with Gasteiger partial charge in [0.05, 0.1) is 7.11 Å². The third-order valence-corrected chi connectivity index (χ3v) is 5.67. The second-order valence-electron chi connectivity index (χ2n) is 7.44. The Morgan fingerprint density at radius 2 is 1.73 bits per heavy atom. The summed E-state index contributed by atoms with van der Waals surface area (Å²) in [7, 11) is 1.70. The lowest BCUT2D eigenvalue weighted by Gasteiger charge is -2.33. The van der Waals surface area contributed by atoms with Crippen LogP contribution in [0, 0.1) is 0 Å². The Morgan fingerprint density at radius 1 is 1.12 bits per heavy atom.